The summed E-state index contributed by atoms with van der Waals surface area (Å²) in [6.07, 6.45) is -0.145. The number of amides is 3. The summed E-state index contributed by atoms with van der Waals surface area (Å²) in [5.41, 5.74) is 1.71. The summed E-state index contributed by atoms with van der Waals surface area (Å²) in [6.45, 7) is 10.4. The number of carbonyl (C=O) groups is 2. The SMILES string of the molecule is CCN(CC)C(=O)Nc1ccc(C(C)NC(=O)[C@H]2NCCO[C@@H]2C)cc1.Cl. The summed E-state index contributed by atoms with van der Waals surface area (Å²) in [7, 11) is 0. The predicted molar refractivity (Wildman–Crippen MR) is 109 cm³/mol. The van der Waals surface area contributed by atoms with E-state index in [0.717, 1.165) is 11.3 Å². The molecule has 2 rings (SSSR count). The van der Waals surface area contributed by atoms with E-state index in [9.17, 15) is 9.59 Å². The van der Waals surface area contributed by atoms with Gasteiger partial charge in [0.2, 0.25) is 5.91 Å². The highest BCUT2D eigenvalue weighted by atomic mass is 35.5. The smallest absolute Gasteiger partial charge is 0.321 e. The molecule has 7 nitrogen and oxygen atoms in total. The van der Waals surface area contributed by atoms with Crippen LogP contribution in [0.25, 0.3) is 0 Å². The molecule has 27 heavy (non-hydrogen) atoms. The van der Waals surface area contributed by atoms with Gasteiger partial charge < -0.3 is 25.6 Å². The molecule has 152 valence electrons. The van der Waals surface area contributed by atoms with E-state index < -0.39 is 0 Å². The van der Waals surface area contributed by atoms with E-state index in [2.05, 4.69) is 16.0 Å². The van der Waals surface area contributed by atoms with Crippen LogP contribution >= 0.6 is 12.4 Å². The molecule has 3 amide bonds. The number of rotatable bonds is 6. The lowest BCUT2D eigenvalue weighted by atomic mass is 10.1. The molecule has 1 aromatic carbocycles. The van der Waals surface area contributed by atoms with E-state index in [1.165, 1.54) is 0 Å². The summed E-state index contributed by atoms with van der Waals surface area (Å²) < 4.78 is 5.52. The molecule has 3 N–H and O–H groups in total. The molecule has 0 spiro atoms. The second-order valence-corrected chi connectivity index (χ2v) is 6.46. The van der Waals surface area contributed by atoms with Crippen LogP contribution in [0, 0.1) is 0 Å². The normalized spacial score (nSPS) is 20.1. The highest BCUT2D eigenvalue weighted by molar-refractivity contribution is 5.89. The van der Waals surface area contributed by atoms with Crippen molar-refractivity contribution in [1.82, 2.24) is 15.5 Å². The number of ether oxygens (including phenoxy) is 1. The molecule has 0 saturated carbocycles. The average Bonchev–Trinajstić information content (AvgIpc) is 2.63. The van der Waals surface area contributed by atoms with Gasteiger partial charge in [-0.15, -0.1) is 12.4 Å². The molecule has 1 heterocycles. The fourth-order valence-electron chi connectivity index (χ4n) is 2.98. The summed E-state index contributed by atoms with van der Waals surface area (Å²) in [4.78, 5) is 26.2. The third kappa shape index (κ3) is 6.37. The Balaban J connectivity index is 0.00000364. The molecular formula is C19H31ClN4O3. The lowest BCUT2D eigenvalue weighted by Gasteiger charge is -2.30. The van der Waals surface area contributed by atoms with Crippen molar-refractivity contribution in [2.24, 2.45) is 0 Å². The number of halogens is 1. The van der Waals surface area contributed by atoms with Crippen LogP contribution < -0.4 is 16.0 Å². The monoisotopic (exact) mass is 398 g/mol. The fourth-order valence-corrected chi connectivity index (χ4v) is 2.98. The Labute approximate surface area is 167 Å². The minimum absolute atomic E-state index is 0. The number of nitrogens with one attached hydrogen (secondary N) is 3. The van der Waals surface area contributed by atoms with Gasteiger partial charge in [-0.1, -0.05) is 12.1 Å². The topological polar surface area (TPSA) is 82.7 Å². The standard InChI is InChI=1S/C19H30N4O3.ClH/c1-5-23(6-2)19(25)22-16-9-7-15(8-10-16)13(3)21-18(24)17-14(4)26-12-11-20-17;/h7-10,13-14,17,20H,5-6,11-12H2,1-4H3,(H,21,24)(H,22,25);1H/t13?,14-,17+;/m1./s1. The first kappa shape index (κ1) is 23.2. The zero-order valence-electron chi connectivity index (χ0n) is 16.5. The molecule has 0 aromatic heterocycles. The van der Waals surface area contributed by atoms with Crippen molar-refractivity contribution in [2.45, 2.75) is 45.9 Å². The quantitative estimate of drug-likeness (QED) is 0.687. The van der Waals surface area contributed by atoms with Crippen molar-refractivity contribution in [2.75, 3.05) is 31.6 Å². The Bertz CT molecular complexity index is 607. The van der Waals surface area contributed by atoms with Crippen LogP contribution in [0.4, 0.5) is 10.5 Å². The number of anilines is 1. The van der Waals surface area contributed by atoms with Crippen LogP contribution in [0.3, 0.4) is 0 Å². The average molecular weight is 399 g/mol. The molecule has 1 aliphatic rings. The van der Waals surface area contributed by atoms with Crippen LogP contribution in [0.1, 0.15) is 39.3 Å². The number of morpholine rings is 1. The number of nitrogens with zero attached hydrogens (tertiary/aromatic N) is 1. The van der Waals surface area contributed by atoms with Crippen LogP contribution in [-0.2, 0) is 9.53 Å². The van der Waals surface area contributed by atoms with Gasteiger partial charge in [-0.3, -0.25) is 4.79 Å². The van der Waals surface area contributed by atoms with E-state index in [4.69, 9.17) is 4.74 Å². The molecule has 3 atom stereocenters. The fraction of sp³-hybridized carbons (Fsp3) is 0.579. The molecule has 0 radical (unpaired) electrons. The lowest BCUT2D eigenvalue weighted by molar-refractivity contribution is -0.129. The van der Waals surface area contributed by atoms with E-state index in [0.29, 0.717) is 26.2 Å². The van der Waals surface area contributed by atoms with E-state index in [-0.39, 0.29) is 42.5 Å². The van der Waals surface area contributed by atoms with Gasteiger partial charge in [0, 0.05) is 25.3 Å². The van der Waals surface area contributed by atoms with Crippen molar-refractivity contribution in [3.63, 3.8) is 0 Å². The Morgan fingerprint density at radius 3 is 2.44 bits per heavy atom. The van der Waals surface area contributed by atoms with Gasteiger partial charge >= 0.3 is 6.03 Å². The Morgan fingerprint density at radius 2 is 1.89 bits per heavy atom. The highest BCUT2D eigenvalue weighted by Gasteiger charge is 2.29. The van der Waals surface area contributed by atoms with Gasteiger partial charge in [0.1, 0.15) is 6.04 Å². The summed E-state index contributed by atoms with van der Waals surface area (Å²) in [5, 5.41) is 9.09. The van der Waals surface area contributed by atoms with Crippen molar-refractivity contribution < 1.29 is 14.3 Å². The lowest BCUT2D eigenvalue weighted by Crippen LogP contribution is -2.55. The molecule has 1 aromatic rings. The number of hydrogen-bond acceptors (Lipinski definition) is 4. The molecule has 0 bridgehead atoms. The number of urea groups is 1. The molecule has 1 aliphatic heterocycles. The third-order valence-electron chi connectivity index (χ3n) is 4.67. The number of carbonyl (C=O) groups excluding carboxylic acids is 2. The van der Waals surface area contributed by atoms with Crippen molar-refractivity contribution in [3.05, 3.63) is 29.8 Å². The van der Waals surface area contributed by atoms with Gasteiger partial charge in [0.15, 0.2) is 0 Å². The van der Waals surface area contributed by atoms with Gasteiger partial charge in [-0.2, -0.15) is 0 Å². The molecule has 8 heteroatoms. The molecule has 0 aliphatic carbocycles. The minimum Gasteiger partial charge on any atom is -0.375 e. The molecular weight excluding hydrogens is 368 g/mol. The summed E-state index contributed by atoms with van der Waals surface area (Å²) in [5.74, 6) is -0.0661. The van der Waals surface area contributed by atoms with Gasteiger partial charge in [0.25, 0.3) is 0 Å². The maximum Gasteiger partial charge on any atom is 0.321 e. The van der Waals surface area contributed by atoms with E-state index >= 15 is 0 Å². The highest BCUT2D eigenvalue weighted by Crippen LogP contribution is 2.17. The first-order chi connectivity index (χ1) is 12.5. The second-order valence-electron chi connectivity index (χ2n) is 6.46. The zero-order chi connectivity index (χ0) is 19.1. The van der Waals surface area contributed by atoms with Crippen molar-refractivity contribution in [3.8, 4) is 0 Å². The maximum atomic E-state index is 12.4. The summed E-state index contributed by atoms with van der Waals surface area (Å²) >= 11 is 0. The van der Waals surface area contributed by atoms with Crippen molar-refractivity contribution in [1.29, 1.82) is 0 Å². The Hall–Kier alpha value is -1.83. The predicted octanol–water partition coefficient (Wildman–Crippen LogP) is 2.54. The number of hydrogen-bond donors (Lipinski definition) is 3. The molecule has 1 unspecified atom stereocenters. The summed E-state index contributed by atoms with van der Waals surface area (Å²) in [6, 6.07) is 6.95. The molecule has 1 saturated heterocycles. The van der Waals surface area contributed by atoms with Crippen LogP contribution in [0.2, 0.25) is 0 Å². The largest absolute Gasteiger partial charge is 0.375 e. The van der Waals surface area contributed by atoms with Crippen LogP contribution in [-0.4, -0.2) is 55.2 Å². The maximum absolute atomic E-state index is 12.4. The van der Waals surface area contributed by atoms with E-state index in [1.54, 1.807) is 4.90 Å². The second kappa shape index (κ2) is 11.1. The molecule has 1 fully saturated rings. The zero-order valence-corrected chi connectivity index (χ0v) is 17.3. The van der Waals surface area contributed by atoms with E-state index in [1.807, 2.05) is 52.0 Å². The third-order valence-corrected chi connectivity index (χ3v) is 4.67. The van der Waals surface area contributed by atoms with Gasteiger partial charge in [0.05, 0.1) is 18.8 Å². The van der Waals surface area contributed by atoms with Crippen LogP contribution in [0.5, 0.6) is 0 Å². The Kier molecular flexibility index (Phi) is 9.55. The minimum atomic E-state index is -0.334. The Morgan fingerprint density at radius 1 is 1.26 bits per heavy atom. The first-order valence-electron chi connectivity index (χ1n) is 9.27. The van der Waals surface area contributed by atoms with Crippen LogP contribution in [0.15, 0.2) is 24.3 Å². The number of benzene rings is 1. The first-order valence-corrected chi connectivity index (χ1v) is 9.27. The van der Waals surface area contributed by atoms with Gasteiger partial charge in [-0.05, 0) is 45.4 Å². The van der Waals surface area contributed by atoms with Crippen molar-refractivity contribution >= 4 is 30.0 Å². The van der Waals surface area contributed by atoms with Gasteiger partial charge in [-0.25, -0.2) is 4.79 Å².